The van der Waals surface area contributed by atoms with Crippen molar-refractivity contribution in [2.45, 2.75) is 0 Å². The molecule has 0 amide bonds. The molecule has 10 heavy (non-hydrogen) atoms. The highest BCUT2D eigenvalue weighted by Crippen LogP contribution is 2.08. The average Bonchev–Trinajstić information content (AvgIpc) is 1.83. The summed E-state index contributed by atoms with van der Waals surface area (Å²) in [7, 11) is 0. The van der Waals surface area contributed by atoms with Crippen molar-refractivity contribution < 1.29 is 8.78 Å². The molecule has 0 bridgehead atoms. The van der Waals surface area contributed by atoms with Crippen LogP contribution in [0.25, 0.3) is 0 Å². The molecular weight excluding hydrogens is 146 g/mol. The zero-order valence-corrected chi connectivity index (χ0v) is 4.70. The van der Waals surface area contributed by atoms with Gasteiger partial charge in [-0.2, -0.15) is 0 Å². The first-order valence-corrected chi connectivity index (χ1v) is 2.48. The van der Waals surface area contributed by atoms with E-state index >= 15 is 0 Å². The third-order valence-electron chi connectivity index (χ3n) is 1.06. The largest absolute Gasteiger partial charge is 0.316 e. The maximum atomic E-state index is 12.3. The fourth-order valence-corrected chi connectivity index (χ4v) is 0.532. The molecule has 0 aliphatic rings. The van der Waals surface area contributed by atoms with Gasteiger partial charge >= 0.3 is 23.1 Å². The first kappa shape index (κ1) is 9.85. The van der Waals surface area contributed by atoms with Crippen LogP contribution < -0.4 is 0 Å². The Morgan fingerprint density at radius 3 is 1.80 bits per heavy atom. The van der Waals surface area contributed by atoms with Gasteiger partial charge < -0.3 is 0 Å². The molecule has 1 radical (unpaired) electrons. The van der Waals surface area contributed by atoms with E-state index in [0.717, 1.165) is 0 Å². The molecule has 1 rings (SSSR count). The molecule has 0 aliphatic carbocycles. The van der Waals surface area contributed by atoms with E-state index in [1.807, 2.05) is 0 Å². The van der Waals surface area contributed by atoms with Crippen LogP contribution in [0.4, 0.5) is 8.78 Å². The van der Waals surface area contributed by atoms with Gasteiger partial charge in [0.15, 0.2) is 0 Å². The molecule has 0 unspecified atom stereocenters. The number of halogens is 2. The van der Waals surface area contributed by atoms with Crippen molar-refractivity contribution in [3.05, 3.63) is 42.3 Å². The number of hydrogen-bond acceptors (Lipinski definition) is 0. The van der Waals surface area contributed by atoms with Crippen LogP contribution in [0.2, 0.25) is 0 Å². The summed E-state index contributed by atoms with van der Waals surface area (Å²) in [4.78, 5) is 0. The van der Waals surface area contributed by atoms with Crippen LogP contribution in [0, 0.1) is 18.6 Å². The Morgan fingerprint density at radius 1 is 1.10 bits per heavy atom. The molecule has 0 nitrogen and oxygen atoms in total. The molecule has 0 atom stereocenters. The Bertz CT molecular complexity index is 203. The molecule has 1 aromatic carbocycles. The molecule has 0 heterocycles. The van der Waals surface area contributed by atoms with Crippen molar-refractivity contribution in [3.63, 3.8) is 0 Å². The van der Waals surface area contributed by atoms with Gasteiger partial charge in [-0.25, -0.2) is 8.78 Å². The minimum atomic E-state index is -0.602. The van der Waals surface area contributed by atoms with E-state index in [2.05, 4.69) is 6.92 Å². The van der Waals surface area contributed by atoms with Crippen molar-refractivity contribution in [2.75, 3.05) is 0 Å². The van der Waals surface area contributed by atoms with E-state index in [0.29, 0.717) is 0 Å². The summed E-state index contributed by atoms with van der Waals surface area (Å²) in [5.41, 5.74) is -0.169. The van der Waals surface area contributed by atoms with E-state index in [1.54, 1.807) is 0 Å². The van der Waals surface area contributed by atoms with E-state index in [-0.39, 0.29) is 28.6 Å². The van der Waals surface area contributed by atoms with E-state index < -0.39 is 11.6 Å². The molecule has 0 fully saturated rings. The van der Waals surface area contributed by atoms with Crippen LogP contribution >= 0.6 is 0 Å². The minimum Gasteiger partial charge on any atom is -0.207 e. The summed E-state index contributed by atoms with van der Waals surface area (Å²) in [5.74, 6) is -1.20. The van der Waals surface area contributed by atoms with E-state index in [1.165, 1.54) is 18.2 Å². The van der Waals surface area contributed by atoms with Gasteiger partial charge in [0.1, 0.15) is 11.6 Å². The van der Waals surface area contributed by atoms with Gasteiger partial charge in [-0.05, 0) is 19.1 Å². The zero-order chi connectivity index (χ0) is 6.85. The lowest BCUT2D eigenvalue weighted by atomic mass is 10.2. The predicted molar refractivity (Wildman–Crippen MR) is 39.4 cm³/mol. The Hall–Kier alpha value is -0.154. The van der Waals surface area contributed by atoms with Crippen molar-refractivity contribution in [1.29, 1.82) is 0 Å². The Kier molecular flexibility index (Phi) is 3.82. The topological polar surface area (TPSA) is 0 Å². The van der Waals surface area contributed by atoms with Crippen LogP contribution in [0.3, 0.4) is 0 Å². The monoisotopic (exact) mass is 153 g/mol. The predicted octanol–water partition coefficient (Wildman–Crippen LogP) is 1.23. The fourth-order valence-electron chi connectivity index (χ4n) is 0.532. The van der Waals surface area contributed by atoms with Gasteiger partial charge in [-0.1, -0.05) is 6.07 Å². The summed E-state index contributed by atoms with van der Waals surface area (Å²) in [5, 5.41) is 0. The lowest BCUT2D eigenvalue weighted by Crippen LogP contribution is -1.85. The van der Waals surface area contributed by atoms with Crippen LogP contribution in [-0.4, -0.2) is 23.1 Å². The number of hydrogen-bond donors (Lipinski definition) is 0. The first-order valence-electron chi connectivity index (χ1n) is 2.48. The SMILES string of the molecule is [CH2]c1c(F)cccc1F.[MgH2]. The molecular formula is C7H7F2Mg. The second kappa shape index (κ2) is 3.88. The molecule has 0 aromatic heterocycles. The van der Waals surface area contributed by atoms with Gasteiger partial charge in [0.2, 0.25) is 0 Å². The van der Waals surface area contributed by atoms with E-state index in [4.69, 9.17) is 0 Å². The van der Waals surface area contributed by atoms with E-state index in [9.17, 15) is 8.78 Å². The van der Waals surface area contributed by atoms with Crippen LogP contribution in [0.1, 0.15) is 5.56 Å². The van der Waals surface area contributed by atoms with Crippen molar-refractivity contribution in [3.8, 4) is 0 Å². The van der Waals surface area contributed by atoms with Gasteiger partial charge in [0.05, 0.1) is 0 Å². The van der Waals surface area contributed by atoms with Gasteiger partial charge in [-0.15, -0.1) is 0 Å². The van der Waals surface area contributed by atoms with Gasteiger partial charge in [0.25, 0.3) is 0 Å². The number of benzene rings is 1. The molecule has 0 aliphatic heterocycles. The summed E-state index contributed by atoms with van der Waals surface area (Å²) in [6, 6.07) is 3.65. The highest BCUT2D eigenvalue weighted by Gasteiger charge is 1.99. The van der Waals surface area contributed by atoms with Crippen LogP contribution in [0.5, 0.6) is 0 Å². The summed E-state index contributed by atoms with van der Waals surface area (Å²) < 4.78 is 24.6. The average molecular weight is 153 g/mol. The van der Waals surface area contributed by atoms with Crippen LogP contribution in [0.15, 0.2) is 18.2 Å². The maximum absolute atomic E-state index is 12.3. The molecule has 0 N–H and O–H groups in total. The third-order valence-corrected chi connectivity index (χ3v) is 1.06. The fraction of sp³-hybridized carbons (Fsp3) is 0. The normalized spacial score (nSPS) is 8.70. The molecule has 0 saturated carbocycles. The zero-order valence-electron chi connectivity index (χ0n) is 4.70. The molecule has 0 spiro atoms. The highest BCUT2D eigenvalue weighted by molar-refractivity contribution is 5.75. The lowest BCUT2D eigenvalue weighted by molar-refractivity contribution is 0.575. The van der Waals surface area contributed by atoms with Crippen molar-refractivity contribution in [1.82, 2.24) is 0 Å². The molecule has 1 aromatic rings. The van der Waals surface area contributed by atoms with Gasteiger partial charge in [0, 0.05) is 5.56 Å². The van der Waals surface area contributed by atoms with Crippen molar-refractivity contribution >= 4 is 23.1 Å². The minimum absolute atomic E-state index is 0. The Morgan fingerprint density at radius 2 is 1.50 bits per heavy atom. The Balaban J connectivity index is 0.000000810. The lowest BCUT2D eigenvalue weighted by Gasteiger charge is -1.93. The quantitative estimate of drug-likeness (QED) is 0.492. The van der Waals surface area contributed by atoms with Crippen molar-refractivity contribution in [2.24, 2.45) is 0 Å². The summed E-state index contributed by atoms with van der Waals surface area (Å²) in [6.07, 6.45) is 0. The standard InChI is InChI=1S/C7H5F2.Mg.2H/c1-5-6(8)3-2-4-7(5)9;;;/h2-4H,1H2;;;. The smallest absolute Gasteiger partial charge is 0.207 e. The maximum Gasteiger partial charge on any atom is 0.316 e. The van der Waals surface area contributed by atoms with Crippen LogP contribution in [-0.2, 0) is 0 Å². The second-order valence-electron chi connectivity index (χ2n) is 1.70. The summed E-state index contributed by atoms with van der Waals surface area (Å²) in [6.45, 7) is 3.17. The molecule has 3 heteroatoms. The third kappa shape index (κ3) is 1.92. The first-order chi connectivity index (χ1) is 4.22. The molecule has 0 saturated heterocycles. The van der Waals surface area contributed by atoms with Gasteiger partial charge in [-0.3, -0.25) is 0 Å². The highest BCUT2D eigenvalue weighted by atomic mass is 24.3. The molecule has 51 valence electrons. The number of rotatable bonds is 0. The second-order valence-corrected chi connectivity index (χ2v) is 1.70. The summed E-state index contributed by atoms with van der Waals surface area (Å²) >= 11 is 0. The Labute approximate surface area is 74.4 Å².